The molecule has 2 rings (SSSR count). The van der Waals surface area contributed by atoms with Crippen molar-refractivity contribution in [1.82, 2.24) is 10.3 Å². The fourth-order valence-electron chi connectivity index (χ4n) is 1.88. The van der Waals surface area contributed by atoms with Gasteiger partial charge >= 0.3 is 0 Å². The average Bonchev–Trinajstić information content (AvgIpc) is 2.47. The first-order valence-corrected chi connectivity index (χ1v) is 7.16. The summed E-state index contributed by atoms with van der Waals surface area (Å²) in [6, 6.07) is 8.79. The summed E-state index contributed by atoms with van der Waals surface area (Å²) >= 11 is 12.0. The summed E-state index contributed by atoms with van der Waals surface area (Å²) in [5, 5.41) is 6.71. The van der Waals surface area contributed by atoms with Crippen molar-refractivity contribution in [2.75, 3.05) is 12.4 Å². The molecule has 0 fully saturated rings. The highest BCUT2D eigenvalue weighted by Gasteiger charge is 2.15. The molecule has 0 saturated carbocycles. The van der Waals surface area contributed by atoms with Crippen LogP contribution in [0.2, 0.25) is 10.0 Å². The quantitative estimate of drug-likeness (QED) is 0.896. The van der Waals surface area contributed by atoms with Crippen LogP contribution in [0.4, 0.5) is 5.82 Å². The van der Waals surface area contributed by atoms with Crippen LogP contribution in [0.5, 0.6) is 0 Å². The Hall–Kier alpha value is -1.78. The molecule has 6 heteroatoms. The summed E-state index contributed by atoms with van der Waals surface area (Å²) in [5.74, 6) is 0.325. The number of pyridine rings is 1. The normalized spacial score (nSPS) is 11.8. The molecule has 0 saturated heterocycles. The highest BCUT2D eigenvalue weighted by atomic mass is 35.5. The number of rotatable bonds is 4. The van der Waals surface area contributed by atoms with Gasteiger partial charge in [-0.3, -0.25) is 4.79 Å². The van der Waals surface area contributed by atoms with Gasteiger partial charge in [0.2, 0.25) is 0 Å². The fraction of sp³-hybridized carbons (Fsp3) is 0.200. The third-order valence-electron chi connectivity index (χ3n) is 3.05. The monoisotopic (exact) mass is 323 g/mol. The predicted molar refractivity (Wildman–Crippen MR) is 86.1 cm³/mol. The second-order valence-corrected chi connectivity index (χ2v) is 5.39. The molecular weight excluding hydrogens is 309 g/mol. The van der Waals surface area contributed by atoms with E-state index in [1.54, 1.807) is 19.2 Å². The van der Waals surface area contributed by atoms with E-state index in [-0.39, 0.29) is 11.9 Å². The highest BCUT2D eigenvalue weighted by Crippen LogP contribution is 2.21. The van der Waals surface area contributed by atoms with Crippen molar-refractivity contribution in [2.24, 2.45) is 0 Å². The Kier molecular flexibility index (Phi) is 5.04. The van der Waals surface area contributed by atoms with E-state index in [1.165, 1.54) is 6.20 Å². The van der Waals surface area contributed by atoms with Gasteiger partial charge in [0.1, 0.15) is 5.82 Å². The summed E-state index contributed by atoms with van der Waals surface area (Å²) in [5.41, 5.74) is 1.31. The van der Waals surface area contributed by atoms with Gasteiger partial charge < -0.3 is 10.6 Å². The summed E-state index contributed by atoms with van der Waals surface area (Å²) in [6.45, 7) is 1.89. The van der Waals surface area contributed by atoms with Crippen molar-refractivity contribution in [3.8, 4) is 0 Å². The molecule has 1 heterocycles. The topological polar surface area (TPSA) is 54.0 Å². The van der Waals surface area contributed by atoms with Gasteiger partial charge in [-0.25, -0.2) is 4.98 Å². The third-order valence-corrected chi connectivity index (χ3v) is 3.59. The molecule has 2 N–H and O–H groups in total. The number of halogens is 2. The van der Waals surface area contributed by atoms with Crippen molar-refractivity contribution in [1.29, 1.82) is 0 Å². The lowest BCUT2D eigenvalue weighted by molar-refractivity contribution is 0.0940. The van der Waals surface area contributed by atoms with Crippen molar-refractivity contribution >= 4 is 34.9 Å². The zero-order valence-electron chi connectivity index (χ0n) is 11.7. The largest absolute Gasteiger partial charge is 0.373 e. The predicted octanol–water partition coefficient (Wildman–Crippen LogP) is 3.92. The van der Waals surface area contributed by atoms with Crippen molar-refractivity contribution < 1.29 is 4.79 Å². The van der Waals surface area contributed by atoms with Crippen LogP contribution in [0.1, 0.15) is 28.9 Å². The van der Waals surface area contributed by atoms with Crippen LogP contribution in [0.25, 0.3) is 0 Å². The Balaban J connectivity index is 2.18. The second-order valence-electron chi connectivity index (χ2n) is 4.55. The summed E-state index contributed by atoms with van der Waals surface area (Å²) < 4.78 is 0. The van der Waals surface area contributed by atoms with Crippen LogP contribution in [-0.2, 0) is 0 Å². The molecule has 0 aliphatic rings. The lowest BCUT2D eigenvalue weighted by Crippen LogP contribution is -2.27. The van der Waals surface area contributed by atoms with Gasteiger partial charge in [-0.2, -0.15) is 0 Å². The molecule has 1 unspecified atom stereocenters. The van der Waals surface area contributed by atoms with Gasteiger partial charge in [0.05, 0.1) is 16.6 Å². The molecule has 4 nitrogen and oxygen atoms in total. The number of benzene rings is 1. The number of hydrogen-bond acceptors (Lipinski definition) is 3. The van der Waals surface area contributed by atoms with Crippen LogP contribution in [0, 0.1) is 0 Å². The lowest BCUT2D eigenvalue weighted by Gasteiger charge is -2.15. The van der Waals surface area contributed by atoms with Crippen LogP contribution in [0.15, 0.2) is 36.5 Å². The Labute approximate surface area is 133 Å². The van der Waals surface area contributed by atoms with E-state index in [4.69, 9.17) is 23.2 Å². The molecule has 1 aromatic carbocycles. The van der Waals surface area contributed by atoms with E-state index in [9.17, 15) is 4.79 Å². The van der Waals surface area contributed by atoms with E-state index < -0.39 is 0 Å². The minimum atomic E-state index is -0.258. The van der Waals surface area contributed by atoms with Gasteiger partial charge in [0.25, 0.3) is 5.91 Å². The van der Waals surface area contributed by atoms with E-state index in [0.29, 0.717) is 21.4 Å². The molecule has 0 aliphatic carbocycles. The minimum Gasteiger partial charge on any atom is -0.373 e. The first kappa shape index (κ1) is 15.6. The van der Waals surface area contributed by atoms with Crippen molar-refractivity contribution in [3.63, 3.8) is 0 Å². The van der Waals surface area contributed by atoms with E-state index in [2.05, 4.69) is 15.6 Å². The molecule has 1 aromatic heterocycles. The number of carbonyl (C=O) groups is 1. The van der Waals surface area contributed by atoms with Crippen molar-refractivity contribution in [3.05, 3.63) is 57.7 Å². The first-order valence-electron chi connectivity index (χ1n) is 6.41. The maximum absolute atomic E-state index is 12.3. The molecule has 0 spiro atoms. The SMILES string of the molecule is CNc1cc(C(=O)NC(C)c2cccc(Cl)c2)c(Cl)cn1. The van der Waals surface area contributed by atoms with Gasteiger partial charge in [-0.05, 0) is 30.7 Å². The van der Waals surface area contributed by atoms with Crippen LogP contribution >= 0.6 is 23.2 Å². The van der Waals surface area contributed by atoms with Gasteiger partial charge in [-0.15, -0.1) is 0 Å². The van der Waals surface area contributed by atoms with Crippen molar-refractivity contribution in [2.45, 2.75) is 13.0 Å². The van der Waals surface area contributed by atoms with Crippen LogP contribution in [-0.4, -0.2) is 17.9 Å². The summed E-state index contributed by atoms with van der Waals surface area (Å²) in [6.07, 6.45) is 1.45. The number of nitrogens with zero attached hydrogens (tertiary/aromatic N) is 1. The van der Waals surface area contributed by atoms with Gasteiger partial charge in [-0.1, -0.05) is 35.3 Å². The lowest BCUT2D eigenvalue weighted by atomic mass is 10.1. The molecule has 1 atom stereocenters. The second kappa shape index (κ2) is 6.78. The smallest absolute Gasteiger partial charge is 0.253 e. The zero-order valence-corrected chi connectivity index (χ0v) is 13.2. The molecule has 0 aliphatic heterocycles. The molecular formula is C15H15Cl2N3O. The molecule has 110 valence electrons. The summed E-state index contributed by atoms with van der Waals surface area (Å²) in [7, 11) is 1.73. The standard InChI is InChI=1S/C15H15Cl2N3O/c1-9(10-4-3-5-11(16)6-10)20-15(21)12-7-14(18-2)19-8-13(12)17/h3-9H,1-2H3,(H,18,19)(H,20,21). The Morgan fingerprint density at radius 2 is 2.05 bits per heavy atom. The molecule has 21 heavy (non-hydrogen) atoms. The zero-order chi connectivity index (χ0) is 15.4. The molecule has 0 bridgehead atoms. The fourth-order valence-corrected chi connectivity index (χ4v) is 2.27. The van der Waals surface area contributed by atoms with Crippen LogP contribution < -0.4 is 10.6 Å². The molecule has 2 aromatic rings. The number of amides is 1. The number of anilines is 1. The first-order chi connectivity index (χ1) is 10.0. The number of carbonyl (C=O) groups excluding carboxylic acids is 1. The number of hydrogen-bond donors (Lipinski definition) is 2. The van der Waals surface area contributed by atoms with E-state index in [0.717, 1.165) is 5.56 Å². The van der Waals surface area contributed by atoms with Gasteiger partial charge in [0, 0.05) is 18.3 Å². The average molecular weight is 324 g/mol. The summed E-state index contributed by atoms with van der Waals surface area (Å²) in [4.78, 5) is 16.4. The Morgan fingerprint density at radius 1 is 1.29 bits per heavy atom. The molecule has 0 radical (unpaired) electrons. The highest BCUT2D eigenvalue weighted by molar-refractivity contribution is 6.33. The minimum absolute atomic E-state index is 0.182. The number of nitrogens with one attached hydrogen (secondary N) is 2. The van der Waals surface area contributed by atoms with Gasteiger partial charge in [0.15, 0.2) is 0 Å². The molecule has 1 amide bonds. The maximum atomic E-state index is 12.3. The van der Waals surface area contributed by atoms with Crippen LogP contribution in [0.3, 0.4) is 0 Å². The third kappa shape index (κ3) is 3.86. The Bertz CT molecular complexity index is 661. The number of aromatic nitrogens is 1. The Morgan fingerprint density at radius 3 is 2.71 bits per heavy atom. The maximum Gasteiger partial charge on any atom is 0.253 e. The van der Waals surface area contributed by atoms with E-state index >= 15 is 0 Å². The van der Waals surface area contributed by atoms with E-state index in [1.807, 2.05) is 25.1 Å².